The number of aromatic hydroxyl groups is 1. The number of fused-ring (bicyclic) bond motifs is 1. The highest BCUT2D eigenvalue weighted by Crippen LogP contribution is 2.29. The van der Waals surface area contributed by atoms with Gasteiger partial charge in [0.15, 0.2) is 5.58 Å². The third-order valence-corrected chi connectivity index (χ3v) is 3.37. The van der Waals surface area contributed by atoms with Crippen LogP contribution in [0.1, 0.15) is 26.3 Å². The van der Waals surface area contributed by atoms with Crippen LogP contribution < -0.4 is 0 Å². The van der Waals surface area contributed by atoms with E-state index >= 15 is 0 Å². The molecule has 3 nitrogen and oxygen atoms in total. The third-order valence-electron chi connectivity index (χ3n) is 3.37. The molecule has 0 bridgehead atoms. The Morgan fingerprint density at radius 2 is 1.70 bits per heavy atom. The number of phenolic OH excluding ortho intramolecular Hbond substituents is 1. The molecule has 2 aromatic carbocycles. The summed E-state index contributed by atoms with van der Waals surface area (Å²) in [6.45, 7) is 6.55. The zero-order chi connectivity index (χ0) is 14.3. The van der Waals surface area contributed by atoms with Crippen LogP contribution in [0, 0.1) is 0 Å². The van der Waals surface area contributed by atoms with E-state index in [9.17, 15) is 5.11 Å². The molecule has 0 amide bonds. The third kappa shape index (κ3) is 2.27. The second-order valence-electron chi connectivity index (χ2n) is 6.00. The van der Waals surface area contributed by atoms with E-state index in [0.717, 1.165) is 5.56 Å². The van der Waals surface area contributed by atoms with Crippen LogP contribution in [0.2, 0.25) is 0 Å². The van der Waals surface area contributed by atoms with Crippen molar-refractivity contribution in [3.63, 3.8) is 0 Å². The molecule has 0 aliphatic heterocycles. The summed E-state index contributed by atoms with van der Waals surface area (Å²) >= 11 is 0. The van der Waals surface area contributed by atoms with Gasteiger partial charge in [-0.2, -0.15) is 0 Å². The summed E-state index contributed by atoms with van der Waals surface area (Å²) in [7, 11) is 0. The zero-order valence-corrected chi connectivity index (χ0v) is 11.8. The molecule has 1 heterocycles. The standard InChI is InChI=1S/C17H17NO2/c1-17(2,3)12-6-4-11(5-7-12)16-18-14-10-13(19)8-9-15(14)20-16/h4-10,19H,1-3H3. The first-order valence-corrected chi connectivity index (χ1v) is 6.64. The van der Waals surface area contributed by atoms with Gasteiger partial charge in [-0.05, 0) is 35.2 Å². The topological polar surface area (TPSA) is 46.3 Å². The highest BCUT2D eigenvalue weighted by Gasteiger charge is 2.14. The Morgan fingerprint density at radius 1 is 1.00 bits per heavy atom. The molecular formula is C17H17NO2. The summed E-state index contributed by atoms with van der Waals surface area (Å²) in [6.07, 6.45) is 0. The molecule has 0 unspecified atom stereocenters. The van der Waals surface area contributed by atoms with E-state index < -0.39 is 0 Å². The van der Waals surface area contributed by atoms with Crippen LogP contribution in [-0.4, -0.2) is 10.1 Å². The van der Waals surface area contributed by atoms with Crippen LogP contribution >= 0.6 is 0 Å². The molecule has 1 aromatic heterocycles. The van der Waals surface area contributed by atoms with E-state index in [1.807, 2.05) is 12.1 Å². The van der Waals surface area contributed by atoms with Crippen LogP contribution in [0.25, 0.3) is 22.6 Å². The van der Waals surface area contributed by atoms with Crippen molar-refractivity contribution in [1.29, 1.82) is 0 Å². The van der Waals surface area contributed by atoms with Gasteiger partial charge in [0.1, 0.15) is 11.3 Å². The maximum Gasteiger partial charge on any atom is 0.227 e. The second kappa shape index (κ2) is 4.37. The first-order chi connectivity index (χ1) is 9.43. The molecule has 0 radical (unpaired) electrons. The maximum atomic E-state index is 9.45. The van der Waals surface area contributed by atoms with Gasteiger partial charge in [0.2, 0.25) is 5.89 Å². The van der Waals surface area contributed by atoms with Gasteiger partial charge in [-0.3, -0.25) is 0 Å². The first kappa shape index (κ1) is 12.7. The van der Waals surface area contributed by atoms with Crippen LogP contribution in [-0.2, 0) is 5.41 Å². The van der Waals surface area contributed by atoms with Gasteiger partial charge in [0.05, 0.1) is 0 Å². The fourth-order valence-corrected chi connectivity index (χ4v) is 2.15. The van der Waals surface area contributed by atoms with E-state index in [-0.39, 0.29) is 11.2 Å². The highest BCUT2D eigenvalue weighted by atomic mass is 16.3. The normalized spacial score (nSPS) is 11.9. The molecule has 102 valence electrons. The van der Waals surface area contributed by atoms with Gasteiger partial charge >= 0.3 is 0 Å². The fraction of sp³-hybridized carbons (Fsp3) is 0.235. The monoisotopic (exact) mass is 267 g/mol. The lowest BCUT2D eigenvalue weighted by Crippen LogP contribution is -2.10. The molecule has 0 aliphatic carbocycles. The Labute approximate surface area is 117 Å². The van der Waals surface area contributed by atoms with E-state index in [4.69, 9.17) is 4.42 Å². The van der Waals surface area contributed by atoms with E-state index in [1.54, 1.807) is 18.2 Å². The summed E-state index contributed by atoms with van der Waals surface area (Å²) in [5.74, 6) is 0.770. The number of oxazole rings is 1. The maximum absolute atomic E-state index is 9.45. The Hall–Kier alpha value is -2.29. The minimum atomic E-state index is 0.131. The molecule has 20 heavy (non-hydrogen) atoms. The quantitative estimate of drug-likeness (QED) is 0.706. The lowest BCUT2D eigenvalue weighted by atomic mass is 9.87. The molecule has 0 spiro atoms. The number of nitrogens with zero attached hydrogens (tertiary/aromatic N) is 1. The molecule has 3 heteroatoms. The van der Waals surface area contributed by atoms with Crippen LogP contribution in [0.5, 0.6) is 5.75 Å². The van der Waals surface area contributed by atoms with Crippen molar-refractivity contribution < 1.29 is 9.52 Å². The lowest BCUT2D eigenvalue weighted by Gasteiger charge is -2.18. The van der Waals surface area contributed by atoms with Gasteiger partial charge in [0.25, 0.3) is 0 Å². The van der Waals surface area contributed by atoms with Crippen LogP contribution in [0.3, 0.4) is 0 Å². The van der Waals surface area contributed by atoms with Gasteiger partial charge in [0, 0.05) is 11.6 Å². The highest BCUT2D eigenvalue weighted by molar-refractivity contribution is 5.77. The molecule has 3 aromatic rings. The summed E-state index contributed by atoms with van der Waals surface area (Å²) < 4.78 is 5.71. The molecule has 1 N–H and O–H groups in total. The van der Waals surface area contributed by atoms with E-state index in [0.29, 0.717) is 17.0 Å². The minimum Gasteiger partial charge on any atom is -0.508 e. The lowest BCUT2D eigenvalue weighted by molar-refractivity contribution is 0.476. The number of benzene rings is 2. The Balaban J connectivity index is 2.02. The Bertz CT molecular complexity index is 749. The second-order valence-corrected chi connectivity index (χ2v) is 6.00. The smallest absolute Gasteiger partial charge is 0.227 e. The molecule has 0 atom stereocenters. The largest absolute Gasteiger partial charge is 0.508 e. The van der Waals surface area contributed by atoms with Gasteiger partial charge in [-0.1, -0.05) is 32.9 Å². The summed E-state index contributed by atoms with van der Waals surface area (Å²) in [5.41, 5.74) is 3.69. The summed E-state index contributed by atoms with van der Waals surface area (Å²) in [6, 6.07) is 13.2. The van der Waals surface area contributed by atoms with Gasteiger partial charge in [-0.15, -0.1) is 0 Å². The van der Waals surface area contributed by atoms with Crippen molar-refractivity contribution in [2.45, 2.75) is 26.2 Å². The molecule has 0 aliphatic rings. The average molecular weight is 267 g/mol. The molecule has 0 fully saturated rings. The van der Waals surface area contributed by atoms with E-state index in [1.165, 1.54) is 5.56 Å². The SMILES string of the molecule is CC(C)(C)c1ccc(-c2nc3cc(O)ccc3o2)cc1. The number of phenols is 1. The van der Waals surface area contributed by atoms with Crippen molar-refractivity contribution in [3.05, 3.63) is 48.0 Å². The van der Waals surface area contributed by atoms with Gasteiger partial charge in [-0.25, -0.2) is 4.98 Å². The molecule has 0 saturated carbocycles. The minimum absolute atomic E-state index is 0.131. The predicted molar refractivity (Wildman–Crippen MR) is 79.8 cm³/mol. The van der Waals surface area contributed by atoms with Crippen molar-refractivity contribution >= 4 is 11.1 Å². The number of aromatic nitrogens is 1. The molecular weight excluding hydrogens is 250 g/mol. The van der Waals surface area contributed by atoms with Crippen LogP contribution in [0.4, 0.5) is 0 Å². The average Bonchev–Trinajstić information content (AvgIpc) is 2.80. The number of rotatable bonds is 1. The number of hydrogen-bond acceptors (Lipinski definition) is 3. The van der Waals surface area contributed by atoms with Gasteiger partial charge < -0.3 is 9.52 Å². The summed E-state index contributed by atoms with van der Waals surface area (Å²) in [5, 5.41) is 9.45. The van der Waals surface area contributed by atoms with Crippen molar-refractivity contribution in [1.82, 2.24) is 4.98 Å². The zero-order valence-electron chi connectivity index (χ0n) is 11.8. The first-order valence-electron chi connectivity index (χ1n) is 6.64. The summed E-state index contributed by atoms with van der Waals surface area (Å²) in [4.78, 5) is 4.41. The van der Waals surface area contributed by atoms with Crippen LogP contribution in [0.15, 0.2) is 46.9 Å². The predicted octanol–water partition coefficient (Wildman–Crippen LogP) is 4.50. The van der Waals surface area contributed by atoms with Crippen molar-refractivity contribution in [3.8, 4) is 17.2 Å². The fourth-order valence-electron chi connectivity index (χ4n) is 2.15. The van der Waals surface area contributed by atoms with E-state index in [2.05, 4.69) is 37.9 Å². The number of hydrogen-bond donors (Lipinski definition) is 1. The molecule has 0 saturated heterocycles. The molecule has 3 rings (SSSR count). The van der Waals surface area contributed by atoms with Crippen molar-refractivity contribution in [2.24, 2.45) is 0 Å². The van der Waals surface area contributed by atoms with Crippen molar-refractivity contribution in [2.75, 3.05) is 0 Å². The Morgan fingerprint density at radius 3 is 2.35 bits per heavy atom. The Kier molecular flexibility index (Phi) is 2.78.